The number of nitrogens with zero attached hydrogens (tertiary/aromatic N) is 1. The highest BCUT2D eigenvalue weighted by Crippen LogP contribution is 2.54. The number of benzene rings is 1. The van der Waals surface area contributed by atoms with E-state index in [1.165, 1.54) is 11.8 Å². The van der Waals surface area contributed by atoms with Crippen LogP contribution in [0.2, 0.25) is 0 Å². The second-order valence-electron chi connectivity index (χ2n) is 5.21. The molecule has 1 aromatic carbocycles. The third kappa shape index (κ3) is 2.23. The molecular formula is C15H15N3O5S. The molecule has 0 saturated carbocycles. The first-order valence-corrected chi connectivity index (χ1v) is 8.27. The molecule has 9 heteroatoms. The van der Waals surface area contributed by atoms with Gasteiger partial charge in [0.15, 0.2) is 11.5 Å². The summed E-state index contributed by atoms with van der Waals surface area (Å²) in [7, 11) is 3.13. The largest absolute Gasteiger partial charge is 0.492 e. The molecule has 4 rings (SSSR count). The first-order chi connectivity index (χ1) is 11.7. The Morgan fingerprint density at radius 1 is 1.25 bits per heavy atom. The van der Waals surface area contributed by atoms with Gasteiger partial charge in [-0.2, -0.15) is 5.10 Å². The number of aromatic nitrogens is 2. The molecule has 126 valence electrons. The van der Waals surface area contributed by atoms with Gasteiger partial charge >= 0.3 is 0 Å². The molecule has 1 atom stereocenters. The van der Waals surface area contributed by atoms with E-state index in [0.29, 0.717) is 34.6 Å². The fourth-order valence-corrected chi connectivity index (χ4v) is 3.98. The number of methoxy groups -OCH3 is 2. The zero-order chi connectivity index (χ0) is 16.7. The minimum absolute atomic E-state index is 0.0836. The van der Waals surface area contributed by atoms with E-state index in [9.17, 15) is 4.79 Å². The van der Waals surface area contributed by atoms with Crippen molar-refractivity contribution in [2.45, 2.75) is 5.25 Å². The minimum atomic E-state index is -0.170. The van der Waals surface area contributed by atoms with Crippen molar-refractivity contribution in [3.63, 3.8) is 0 Å². The van der Waals surface area contributed by atoms with E-state index < -0.39 is 0 Å². The molecule has 24 heavy (non-hydrogen) atoms. The van der Waals surface area contributed by atoms with Gasteiger partial charge < -0.3 is 24.3 Å². The van der Waals surface area contributed by atoms with Gasteiger partial charge in [0.25, 0.3) is 0 Å². The molecular weight excluding hydrogens is 334 g/mol. The Morgan fingerprint density at radius 2 is 2.08 bits per heavy atom. The number of hydrogen-bond acceptors (Lipinski definition) is 7. The van der Waals surface area contributed by atoms with Crippen LogP contribution in [0.25, 0.3) is 0 Å². The molecule has 0 aliphatic carbocycles. The van der Waals surface area contributed by atoms with Crippen LogP contribution in [0.3, 0.4) is 0 Å². The van der Waals surface area contributed by atoms with E-state index in [1.807, 2.05) is 6.07 Å². The third-order valence-corrected chi connectivity index (χ3v) is 5.16. The van der Waals surface area contributed by atoms with E-state index in [1.54, 1.807) is 20.4 Å². The topological polar surface area (TPSA) is 94.7 Å². The van der Waals surface area contributed by atoms with Crippen LogP contribution in [0.15, 0.2) is 12.3 Å². The number of ether oxygens (including phenoxy) is 4. The van der Waals surface area contributed by atoms with Crippen LogP contribution >= 0.6 is 11.8 Å². The van der Waals surface area contributed by atoms with Crippen molar-refractivity contribution >= 4 is 23.5 Å². The number of H-pyrrole nitrogens is 1. The molecule has 2 aliphatic heterocycles. The van der Waals surface area contributed by atoms with Crippen LogP contribution < -0.4 is 24.3 Å². The van der Waals surface area contributed by atoms with Crippen molar-refractivity contribution < 1.29 is 23.7 Å². The molecule has 2 aromatic rings. The fourth-order valence-electron chi connectivity index (χ4n) is 2.88. The fraction of sp³-hybridized carbons (Fsp3) is 0.333. The van der Waals surface area contributed by atoms with Gasteiger partial charge in [-0.3, -0.25) is 9.89 Å². The Bertz CT molecular complexity index is 807. The smallest absolute Gasteiger partial charge is 0.235 e. The minimum Gasteiger partial charge on any atom is -0.492 e. The summed E-state index contributed by atoms with van der Waals surface area (Å²) in [6.07, 6.45) is 1.70. The lowest BCUT2D eigenvalue weighted by molar-refractivity contribution is -0.113. The quantitative estimate of drug-likeness (QED) is 0.874. The van der Waals surface area contributed by atoms with Gasteiger partial charge in [0.05, 0.1) is 31.4 Å². The summed E-state index contributed by atoms with van der Waals surface area (Å²) >= 11 is 1.48. The highest BCUT2D eigenvalue weighted by atomic mass is 32.2. The molecule has 0 fully saturated rings. The maximum absolute atomic E-state index is 11.9. The average molecular weight is 349 g/mol. The predicted molar refractivity (Wildman–Crippen MR) is 87.2 cm³/mol. The van der Waals surface area contributed by atoms with Gasteiger partial charge in [0.2, 0.25) is 24.2 Å². The van der Waals surface area contributed by atoms with E-state index in [2.05, 4.69) is 15.5 Å². The summed E-state index contributed by atoms with van der Waals surface area (Å²) in [5.74, 6) is 2.98. The van der Waals surface area contributed by atoms with Gasteiger partial charge in [-0.25, -0.2) is 0 Å². The maximum Gasteiger partial charge on any atom is 0.235 e. The highest BCUT2D eigenvalue weighted by molar-refractivity contribution is 8.00. The van der Waals surface area contributed by atoms with Crippen LogP contribution in [-0.2, 0) is 4.79 Å². The van der Waals surface area contributed by atoms with Crippen LogP contribution in [0, 0.1) is 0 Å². The summed E-state index contributed by atoms with van der Waals surface area (Å²) in [6, 6.07) is 1.87. The van der Waals surface area contributed by atoms with E-state index in [-0.39, 0.29) is 18.0 Å². The first kappa shape index (κ1) is 15.0. The van der Waals surface area contributed by atoms with Crippen LogP contribution in [0.1, 0.15) is 16.4 Å². The molecule has 0 saturated heterocycles. The summed E-state index contributed by atoms with van der Waals surface area (Å²) in [4.78, 5) is 11.9. The molecule has 2 N–H and O–H groups in total. The molecule has 0 bridgehead atoms. The van der Waals surface area contributed by atoms with Gasteiger partial charge in [0.1, 0.15) is 5.82 Å². The molecule has 0 spiro atoms. The zero-order valence-electron chi connectivity index (χ0n) is 13.0. The zero-order valence-corrected chi connectivity index (χ0v) is 13.9. The molecule has 2 aliphatic rings. The highest BCUT2D eigenvalue weighted by Gasteiger charge is 2.33. The second kappa shape index (κ2) is 5.82. The molecule has 1 aromatic heterocycles. The molecule has 1 unspecified atom stereocenters. The van der Waals surface area contributed by atoms with Crippen LogP contribution in [0.4, 0.5) is 5.82 Å². The molecule has 1 amide bonds. The second-order valence-corrected chi connectivity index (χ2v) is 6.30. The Hall–Kier alpha value is -2.55. The van der Waals surface area contributed by atoms with Crippen molar-refractivity contribution in [2.24, 2.45) is 0 Å². The summed E-state index contributed by atoms with van der Waals surface area (Å²) in [6.45, 7) is 0.132. The molecule has 3 heterocycles. The predicted octanol–water partition coefficient (Wildman–Crippen LogP) is 1.93. The number of hydrogen-bond donors (Lipinski definition) is 2. The van der Waals surface area contributed by atoms with Crippen molar-refractivity contribution in [1.82, 2.24) is 10.2 Å². The number of nitrogens with one attached hydrogen (secondary N) is 2. The molecule has 8 nitrogen and oxygen atoms in total. The number of rotatable bonds is 3. The van der Waals surface area contributed by atoms with E-state index >= 15 is 0 Å². The number of carbonyl (C=O) groups excluding carboxylic acids is 1. The van der Waals surface area contributed by atoms with Crippen LogP contribution in [0.5, 0.6) is 23.0 Å². The summed E-state index contributed by atoms with van der Waals surface area (Å²) in [5.41, 5.74) is 1.70. The summed E-state index contributed by atoms with van der Waals surface area (Å²) in [5, 5.41) is 9.51. The first-order valence-electron chi connectivity index (χ1n) is 7.22. The normalized spacial score (nSPS) is 18.6. The number of thioether (sulfide) groups is 1. The van der Waals surface area contributed by atoms with Crippen molar-refractivity contribution in [3.8, 4) is 23.0 Å². The standard InChI is InChI=1S/C15H15N3O5S/c1-20-11-7(3-9-12(13(11)21-2)23-6-22-9)14-8-4-16-18-15(8)17-10(19)5-24-14/h3-4,14H,5-6H2,1-2H3,(H2,16,17,18,19). The monoisotopic (exact) mass is 349 g/mol. The number of amides is 1. The van der Waals surface area contributed by atoms with Crippen molar-refractivity contribution in [1.29, 1.82) is 0 Å². The Labute approximate surface area is 141 Å². The number of fused-ring (bicyclic) bond motifs is 2. The average Bonchev–Trinajstić information content (AvgIpc) is 3.20. The van der Waals surface area contributed by atoms with Crippen molar-refractivity contribution in [2.75, 3.05) is 32.1 Å². The maximum atomic E-state index is 11.9. The van der Waals surface area contributed by atoms with Crippen LogP contribution in [-0.4, -0.2) is 42.9 Å². The number of anilines is 1. The number of aromatic amines is 1. The lowest BCUT2D eigenvalue weighted by atomic mass is 10.0. The lowest BCUT2D eigenvalue weighted by Crippen LogP contribution is -2.12. The van der Waals surface area contributed by atoms with Gasteiger partial charge in [-0.05, 0) is 6.07 Å². The van der Waals surface area contributed by atoms with E-state index in [0.717, 1.165) is 11.1 Å². The Morgan fingerprint density at radius 3 is 2.88 bits per heavy atom. The van der Waals surface area contributed by atoms with Gasteiger partial charge in [-0.1, -0.05) is 0 Å². The SMILES string of the molecule is COc1c(C2SCC(=O)Nc3[nH]ncc32)cc2c(c1OC)OCO2. The van der Waals surface area contributed by atoms with Gasteiger partial charge in [-0.15, -0.1) is 11.8 Å². The Kier molecular flexibility index (Phi) is 3.64. The summed E-state index contributed by atoms with van der Waals surface area (Å²) < 4.78 is 22.1. The lowest BCUT2D eigenvalue weighted by Gasteiger charge is -2.20. The number of carbonyl (C=O) groups is 1. The molecule has 0 radical (unpaired) electrons. The third-order valence-electron chi connectivity index (χ3n) is 3.89. The van der Waals surface area contributed by atoms with E-state index in [4.69, 9.17) is 18.9 Å². The van der Waals surface area contributed by atoms with Gasteiger partial charge in [0, 0.05) is 11.1 Å². The Balaban J connectivity index is 1.89. The van der Waals surface area contributed by atoms with Crippen molar-refractivity contribution in [3.05, 3.63) is 23.4 Å².